The van der Waals surface area contributed by atoms with E-state index in [2.05, 4.69) is 27.8 Å². The highest BCUT2D eigenvalue weighted by atomic mass is 32.1. The van der Waals surface area contributed by atoms with Crippen molar-refractivity contribution in [2.24, 2.45) is 0 Å². The van der Waals surface area contributed by atoms with E-state index in [0.717, 1.165) is 35.7 Å². The normalized spacial score (nSPS) is 23.2. The number of thiazole rings is 1. The summed E-state index contributed by atoms with van der Waals surface area (Å²) in [5.74, 6) is 0. The van der Waals surface area contributed by atoms with Crippen molar-refractivity contribution in [2.75, 3.05) is 5.32 Å². The lowest BCUT2D eigenvalue weighted by atomic mass is 9.93. The van der Waals surface area contributed by atoms with Crippen LogP contribution in [0.2, 0.25) is 0 Å². The molecular weight excluding hydrogens is 256 g/mol. The summed E-state index contributed by atoms with van der Waals surface area (Å²) >= 11 is 1.61. The van der Waals surface area contributed by atoms with Crippen LogP contribution in [-0.2, 0) is 0 Å². The maximum absolute atomic E-state index is 9.97. The lowest BCUT2D eigenvalue weighted by molar-refractivity contribution is 0.116. The quantitative estimate of drug-likeness (QED) is 0.900. The summed E-state index contributed by atoms with van der Waals surface area (Å²) in [6.45, 7) is 0. The van der Waals surface area contributed by atoms with Crippen molar-refractivity contribution in [2.45, 2.75) is 37.8 Å². The van der Waals surface area contributed by atoms with E-state index in [9.17, 15) is 5.11 Å². The van der Waals surface area contributed by atoms with Gasteiger partial charge in [0, 0.05) is 10.9 Å². The largest absolute Gasteiger partial charge is 0.391 e. The number of hydrogen-bond acceptors (Lipinski definition) is 4. The second kappa shape index (κ2) is 5.72. The van der Waals surface area contributed by atoms with E-state index in [-0.39, 0.29) is 12.1 Å². The molecule has 0 aliphatic heterocycles. The van der Waals surface area contributed by atoms with E-state index < -0.39 is 0 Å². The van der Waals surface area contributed by atoms with Crippen LogP contribution in [0.15, 0.2) is 35.7 Å². The zero-order valence-corrected chi connectivity index (χ0v) is 11.6. The van der Waals surface area contributed by atoms with Gasteiger partial charge < -0.3 is 10.4 Å². The Labute approximate surface area is 117 Å². The molecule has 1 saturated carbocycles. The third-order valence-corrected chi connectivity index (χ3v) is 4.39. The molecule has 1 heterocycles. The average Bonchev–Trinajstić information content (AvgIpc) is 2.91. The van der Waals surface area contributed by atoms with Crippen molar-refractivity contribution in [1.29, 1.82) is 0 Å². The van der Waals surface area contributed by atoms with Crippen LogP contribution in [0.5, 0.6) is 0 Å². The fourth-order valence-corrected chi connectivity index (χ4v) is 3.30. The van der Waals surface area contributed by atoms with Crippen molar-refractivity contribution < 1.29 is 5.11 Å². The highest BCUT2D eigenvalue weighted by Gasteiger charge is 2.23. The lowest BCUT2D eigenvalue weighted by Crippen LogP contribution is -2.36. The summed E-state index contributed by atoms with van der Waals surface area (Å²) in [5, 5.41) is 16.3. The Morgan fingerprint density at radius 1 is 1.16 bits per heavy atom. The second-order valence-corrected chi connectivity index (χ2v) is 5.86. The Morgan fingerprint density at radius 2 is 1.95 bits per heavy atom. The topological polar surface area (TPSA) is 45.1 Å². The highest BCUT2D eigenvalue weighted by Crippen LogP contribution is 2.27. The van der Waals surface area contributed by atoms with Crippen LogP contribution in [0.4, 0.5) is 5.13 Å². The van der Waals surface area contributed by atoms with Crippen molar-refractivity contribution >= 4 is 16.5 Å². The number of nitrogens with zero attached hydrogens (tertiary/aromatic N) is 1. The van der Waals surface area contributed by atoms with Crippen LogP contribution in [-0.4, -0.2) is 22.2 Å². The molecule has 0 spiro atoms. The first-order valence-corrected chi connectivity index (χ1v) is 7.66. The van der Waals surface area contributed by atoms with Crippen molar-refractivity contribution in [3.8, 4) is 11.3 Å². The zero-order valence-electron chi connectivity index (χ0n) is 10.7. The number of aliphatic hydroxyl groups is 1. The van der Waals surface area contributed by atoms with Gasteiger partial charge in [-0.3, -0.25) is 0 Å². The lowest BCUT2D eigenvalue weighted by Gasteiger charge is -2.28. The molecule has 2 atom stereocenters. The number of nitrogens with one attached hydrogen (secondary N) is 1. The number of aliphatic hydroxyl groups excluding tert-OH is 1. The molecule has 3 rings (SSSR count). The summed E-state index contributed by atoms with van der Waals surface area (Å²) < 4.78 is 0. The maximum Gasteiger partial charge on any atom is 0.183 e. The van der Waals surface area contributed by atoms with Gasteiger partial charge in [0.15, 0.2) is 5.13 Å². The minimum atomic E-state index is -0.238. The summed E-state index contributed by atoms with van der Waals surface area (Å²) in [4.78, 5) is 4.61. The first-order chi connectivity index (χ1) is 9.33. The van der Waals surface area contributed by atoms with Crippen molar-refractivity contribution in [3.63, 3.8) is 0 Å². The molecule has 0 saturated heterocycles. The van der Waals surface area contributed by atoms with Gasteiger partial charge in [-0.15, -0.1) is 11.3 Å². The summed E-state index contributed by atoms with van der Waals surface area (Å²) in [7, 11) is 0. The molecule has 4 heteroatoms. The SMILES string of the molecule is OC1CCCCC1Nc1nc(-c2ccccc2)cs1. The predicted molar refractivity (Wildman–Crippen MR) is 79.4 cm³/mol. The first-order valence-electron chi connectivity index (χ1n) is 6.78. The first kappa shape index (κ1) is 12.6. The Balaban J connectivity index is 1.71. The molecule has 1 aliphatic rings. The Hall–Kier alpha value is -1.39. The predicted octanol–water partition coefficient (Wildman–Crippen LogP) is 3.53. The number of aromatic nitrogens is 1. The monoisotopic (exact) mass is 274 g/mol. The minimum absolute atomic E-state index is 0.156. The number of hydrogen-bond donors (Lipinski definition) is 2. The van der Waals surface area contributed by atoms with Gasteiger partial charge in [-0.2, -0.15) is 0 Å². The molecule has 100 valence electrons. The smallest absolute Gasteiger partial charge is 0.183 e. The van der Waals surface area contributed by atoms with E-state index in [0.29, 0.717) is 0 Å². The Bertz CT molecular complexity index is 526. The third-order valence-electron chi connectivity index (χ3n) is 3.61. The molecule has 2 N–H and O–H groups in total. The molecule has 1 fully saturated rings. The standard InChI is InChI=1S/C15H18N2OS/c18-14-9-5-4-8-12(14)16-15-17-13(10-19-15)11-6-2-1-3-7-11/h1-3,6-7,10,12,14,18H,4-5,8-9H2,(H,16,17). The molecule has 2 unspecified atom stereocenters. The molecule has 1 aliphatic carbocycles. The summed E-state index contributed by atoms with van der Waals surface area (Å²) in [5.41, 5.74) is 2.13. The van der Waals surface area contributed by atoms with Gasteiger partial charge in [-0.25, -0.2) is 4.98 Å². The van der Waals surface area contributed by atoms with Gasteiger partial charge in [0.25, 0.3) is 0 Å². The van der Waals surface area contributed by atoms with E-state index in [1.54, 1.807) is 11.3 Å². The molecule has 19 heavy (non-hydrogen) atoms. The van der Waals surface area contributed by atoms with Crippen LogP contribution in [0.25, 0.3) is 11.3 Å². The van der Waals surface area contributed by atoms with Crippen LogP contribution in [0.3, 0.4) is 0 Å². The third kappa shape index (κ3) is 2.96. The Kier molecular flexibility index (Phi) is 3.80. The van der Waals surface area contributed by atoms with Crippen LogP contribution < -0.4 is 5.32 Å². The van der Waals surface area contributed by atoms with Crippen molar-refractivity contribution in [3.05, 3.63) is 35.7 Å². The van der Waals surface area contributed by atoms with Gasteiger partial charge in [0.2, 0.25) is 0 Å². The van der Waals surface area contributed by atoms with E-state index in [1.165, 1.54) is 6.42 Å². The Morgan fingerprint density at radius 3 is 2.74 bits per heavy atom. The summed E-state index contributed by atoms with van der Waals surface area (Å²) in [6, 6.07) is 10.3. The fraction of sp³-hybridized carbons (Fsp3) is 0.400. The van der Waals surface area contributed by atoms with Gasteiger partial charge in [0.05, 0.1) is 17.8 Å². The molecule has 2 aromatic rings. The van der Waals surface area contributed by atoms with Crippen LogP contribution in [0, 0.1) is 0 Å². The number of benzene rings is 1. The van der Waals surface area contributed by atoms with Crippen LogP contribution in [0.1, 0.15) is 25.7 Å². The molecule has 1 aromatic carbocycles. The average molecular weight is 274 g/mol. The van der Waals surface area contributed by atoms with Gasteiger partial charge in [-0.1, -0.05) is 43.2 Å². The second-order valence-electron chi connectivity index (χ2n) is 5.01. The molecule has 0 radical (unpaired) electrons. The molecule has 3 nitrogen and oxygen atoms in total. The number of anilines is 1. The van der Waals surface area contributed by atoms with E-state index in [4.69, 9.17) is 0 Å². The van der Waals surface area contributed by atoms with Crippen molar-refractivity contribution in [1.82, 2.24) is 4.98 Å². The number of rotatable bonds is 3. The summed E-state index contributed by atoms with van der Waals surface area (Å²) in [6.07, 6.45) is 4.01. The van der Waals surface area contributed by atoms with Crippen LogP contribution >= 0.6 is 11.3 Å². The molecule has 1 aromatic heterocycles. The molecule has 0 amide bonds. The van der Waals surface area contributed by atoms with Gasteiger partial charge in [0.1, 0.15) is 0 Å². The van der Waals surface area contributed by atoms with Gasteiger partial charge in [-0.05, 0) is 12.8 Å². The molecule has 0 bridgehead atoms. The van der Waals surface area contributed by atoms with E-state index >= 15 is 0 Å². The minimum Gasteiger partial charge on any atom is -0.391 e. The highest BCUT2D eigenvalue weighted by molar-refractivity contribution is 7.14. The van der Waals surface area contributed by atoms with Gasteiger partial charge >= 0.3 is 0 Å². The fourth-order valence-electron chi connectivity index (χ4n) is 2.52. The molecular formula is C15H18N2OS. The zero-order chi connectivity index (χ0) is 13.1. The van der Waals surface area contributed by atoms with E-state index in [1.807, 2.05) is 18.2 Å². The maximum atomic E-state index is 9.97.